The van der Waals surface area contributed by atoms with Gasteiger partial charge in [-0.05, 0) is 57.9 Å². The topological polar surface area (TPSA) is 80.2 Å². The monoisotopic (exact) mass is 373 g/mol. The SMILES string of the molecule is CC(C)(C)OC(=O)NC1CCN(c2nncc(-c3ccc(F)cc3)n2)CC1. The van der Waals surface area contributed by atoms with E-state index in [1.807, 2.05) is 25.7 Å². The number of benzene rings is 1. The summed E-state index contributed by atoms with van der Waals surface area (Å²) in [5, 5.41) is 11.1. The quantitative estimate of drug-likeness (QED) is 0.890. The van der Waals surface area contributed by atoms with E-state index in [1.54, 1.807) is 18.3 Å². The van der Waals surface area contributed by atoms with Crippen LogP contribution in [0.5, 0.6) is 0 Å². The normalized spacial score (nSPS) is 15.5. The van der Waals surface area contributed by atoms with Gasteiger partial charge in [0.15, 0.2) is 0 Å². The minimum Gasteiger partial charge on any atom is -0.444 e. The van der Waals surface area contributed by atoms with Gasteiger partial charge < -0.3 is 15.0 Å². The molecule has 3 rings (SSSR count). The zero-order chi connectivity index (χ0) is 19.4. The van der Waals surface area contributed by atoms with Gasteiger partial charge in [0.25, 0.3) is 0 Å². The number of anilines is 1. The number of hydrogen-bond donors (Lipinski definition) is 1. The molecule has 0 spiro atoms. The number of carbonyl (C=O) groups is 1. The van der Waals surface area contributed by atoms with E-state index >= 15 is 0 Å². The van der Waals surface area contributed by atoms with Crippen LogP contribution in [0, 0.1) is 5.82 Å². The van der Waals surface area contributed by atoms with Crippen LogP contribution in [0.3, 0.4) is 0 Å². The smallest absolute Gasteiger partial charge is 0.407 e. The molecule has 1 aliphatic rings. The maximum absolute atomic E-state index is 13.1. The Morgan fingerprint density at radius 3 is 2.52 bits per heavy atom. The molecule has 8 heteroatoms. The van der Waals surface area contributed by atoms with E-state index in [2.05, 4.69) is 20.5 Å². The Bertz CT molecular complexity index is 783. The molecule has 1 amide bonds. The molecule has 0 radical (unpaired) electrons. The molecule has 144 valence electrons. The zero-order valence-corrected chi connectivity index (χ0v) is 15.8. The second-order valence-electron chi connectivity index (χ2n) is 7.56. The Hall–Kier alpha value is -2.77. The molecule has 2 aromatic rings. The molecule has 1 N–H and O–H groups in total. The largest absolute Gasteiger partial charge is 0.444 e. The van der Waals surface area contributed by atoms with Gasteiger partial charge in [0.2, 0.25) is 5.95 Å². The minimum absolute atomic E-state index is 0.0596. The van der Waals surface area contributed by atoms with Crippen LogP contribution in [0.2, 0.25) is 0 Å². The molecule has 2 heterocycles. The number of nitrogens with one attached hydrogen (secondary N) is 1. The van der Waals surface area contributed by atoms with Crippen molar-refractivity contribution in [3.05, 3.63) is 36.3 Å². The number of rotatable bonds is 3. The number of hydrogen-bond acceptors (Lipinski definition) is 6. The number of carbonyl (C=O) groups excluding carboxylic acids is 1. The van der Waals surface area contributed by atoms with Crippen molar-refractivity contribution in [2.75, 3.05) is 18.0 Å². The fraction of sp³-hybridized carbons (Fsp3) is 0.474. The van der Waals surface area contributed by atoms with Gasteiger partial charge in [0, 0.05) is 24.7 Å². The lowest BCUT2D eigenvalue weighted by Crippen LogP contribution is -2.46. The molecular formula is C19H24FN5O2. The van der Waals surface area contributed by atoms with Crippen molar-refractivity contribution in [1.82, 2.24) is 20.5 Å². The first-order valence-electron chi connectivity index (χ1n) is 9.00. The minimum atomic E-state index is -0.509. The second kappa shape index (κ2) is 7.85. The molecule has 1 aromatic carbocycles. The summed E-state index contributed by atoms with van der Waals surface area (Å²) in [6.45, 7) is 6.93. The fourth-order valence-electron chi connectivity index (χ4n) is 2.89. The maximum atomic E-state index is 13.1. The summed E-state index contributed by atoms with van der Waals surface area (Å²) >= 11 is 0. The van der Waals surface area contributed by atoms with Crippen molar-refractivity contribution >= 4 is 12.0 Å². The standard InChI is InChI=1S/C19H24FN5O2/c1-19(2,3)27-18(26)22-15-8-10-25(11-9-15)17-23-16(12-21-24-17)13-4-6-14(20)7-5-13/h4-7,12,15H,8-11H2,1-3H3,(H,22,26). The van der Waals surface area contributed by atoms with Crippen LogP contribution in [0.4, 0.5) is 15.1 Å². The van der Waals surface area contributed by atoms with E-state index in [0.29, 0.717) is 24.7 Å². The van der Waals surface area contributed by atoms with Crippen LogP contribution in [-0.4, -0.2) is 46.0 Å². The highest BCUT2D eigenvalue weighted by Crippen LogP contribution is 2.21. The summed E-state index contributed by atoms with van der Waals surface area (Å²) in [6, 6.07) is 6.18. The van der Waals surface area contributed by atoms with Gasteiger partial charge >= 0.3 is 6.09 Å². The van der Waals surface area contributed by atoms with E-state index in [1.165, 1.54) is 12.1 Å². The summed E-state index contributed by atoms with van der Waals surface area (Å²) in [6.07, 6.45) is 2.71. The third kappa shape index (κ3) is 5.35. The van der Waals surface area contributed by atoms with Crippen molar-refractivity contribution in [1.29, 1.82) is 0 Å². The van der Waals surface area contributed by atoms with E-state index in [-0.39, 0.29) is 11.9 Å². The summed E-state index contributed by atoms with van der Waals surface area (Å²) in [5.41, 5.74) is 0.925. The number of ether oxygens (including phenoxy) is 1. The predicted octanol–water partition coefficient (Wildman–Crippen LogP) is 3.17. The predicted molar refractivity (Wildman–Crippen MR) is 99.8 cm³/mol. The lowest BCUT2D eigenvalue weighted by atomic mass is 10.1. The Balaban J connectivity index is 1.59. The third-order valence-electron chi connectivity index (χ3n) is 4.19. The van der Waals surface area contributed by atoms with Gasteiger partial charge in [-0.1, -0.05) is 0 Å². The number of piperidine rings is 1. The summed E-state index contributed by atoms with van der Waals surface area (Å²) in [7, 11) is 0. The molecule has 1 saturated heterocycles. The molecule has 1 aromatic heterocycles. The number of nitrogens with zero attached hydrogens (tertiary/aromatic N) is 4. The molecule has 27 heavy (non-hydrogen) atoms. The Kier molecular flexibility index (Phi) is 5.53. The highest BCUT2D eigenvalue weighted by Gasteiger charge is 2.25. The molecular weight excluding hydrogens is 349 g/mol. The van der Waals surface area contributed by atoms with E-state index in [0.717, 1.165) is 18.4 Å². The first kappa shape index (κ1) is 19.0. The van der Waals surface area contributed by atoms with Crippen molar-refractivity contribution < 1.29 is 13.9 Å². The lowest BCUT2D eigenvalue weighted by Gasteiger charge is -2.32. The average Bonchev–Trinajstić information content (AvgIpc) is 2.61. The van der Waals surface area contributed by atoms with Crippen LogP contribution < -0.4 is 10.2 Å². The number of alkyl carbamates (subject to hydrolysis) is 1. The van der Waals surface area contributed by atoms with Gasteiger partial charge in [-0.15, -0.1) is 5.10 Å². The van der Waals surface area contributed by atoms with Crippen LogP contribution >= 0.6 is 0 Å². The van der Waals surface area contributed by atoms with Crippen LogP contribution in [0.1, 0.15) is 33.6 Å². The van der Waals surface area contributed by atoms with E-state index in [4.69, 9.17) is 4.74 Å². The third-order valence-corrected chi connectivity index (χ3v) is 4.19. The van der Waals surface area contributed by atoms with Crippen molar-refractivity contribution in [2.24, 2.45) is 0 Å². The summed E-state index contributed by atoms with van der Waals surface area (Å²) in [5.74, 6) is 0.244. The molecule has 1 aliphatic heterocycles. The molecule has 0 saturated carbocycles. The van der Waals surface area contributed by atoms with Crippen LogP contribution in [0.25, 0.3) is 11.3 Å². The fourth-order valence-corrected chi connectivity index (χ4v) is 2.89. The first-order valence-corrected chi connectivity index (χ1v) is 9.00. The van der Waals surface area contributed by atoms with Gasteiger partial charge in [-0.3, -0.25) is 0 Å². The maximum Gasteiger partial charge on any atom is 0.407 e. The average molecular weight is 373 g/mol. The second-order valence-corrected chi connectivity index (χ2v) is 7.56. The van der Waals surface area contributed by atoms with Crippen molar-refractivity contribution in [3.63, 3.8) is 0 Å². The van der Waals surface area contributed by atoms with Crippen molar-refractivity contribution in [2.45, 2.75) is 45.3 Å². The van der Waals surface area contributed by atoms with Gasteiger partial charge in [-0.2, -0.15) is 5.10 Å². The van der Waals surface area contributed by atoms with Gasteiger partial charge in [0.05, 0.1) is 11.9 Å². The van der Waals surface area contributed by atoms with Crippen LogP contribution in [-0.2, 0) is 4.74 Å². The molecule has 0 aliphatic carbocycles. The Morgan fingerprint density at radius 1 is 1.22 bits per heavy atom. The molecule has 1 fully saturated rings. The highest BCUT2D eigenvalue weighted by atomic mass is 19.1. The van der Waals surface area contributed by atoms with Crippen LogP contribution in [0.15, 0.2) is 30.5 Å². The Morgan fingerprint density at radius 2 is 1.89 bits per heavy atom. The molecule has 7 nitrogen and oxygen atoms in total. The molecule has 0 unspecified atom stereocenters. The highest BCUT2D eigenvalue weighted by molar-refractivity contribution is 5.68. The van der Waals surface area contributed by atoms with Crippen molar-refractivity contribution in [3.8, 4) is 11.3 Å². The van der Waals surface area contributed by atoms with E-state index < -0.39 is 11.7 Å². The van der Waals surface area contributed by atoms with E-state index in [9.17, 15) is 9.18 Å². The number of halogens is 1. The van der Waals surface area contributed by atoms with Gasteiger partial charge in [0.1, 0.15) is 11.4 Å². The first-order chi connectivity index (χ1) is 12.8. The molecule has 0 atom stereocenters. The van der Waals surface area contributed by atoms with Gasteiger partial charge in [-0.25, -0.2) is 14.2 Å². The number of amides is 1. The zero-order valence-electron chi connectivity index (χ0n) is 15.8. The Labute approximate surface area is 158 Å². The number of aromatic nitrogens is 3. The summed E-state index contributed by atoms with van der Waals surface area (Å²) in [4.78, 5) is 18.5. The molecule has 0 bridgehead atoms. The summed E-state index contributed by atoms with van der Waals surface area (Å²) < 4.78 is 18.4. The lowest BCUT2D eigenvalue weighted by molar-refractivity contribution is 0.0497.